The number of nitrogens with one attached hydrogen (secondary N) is 1. The number of hydrogen-bond acceptors (Lipinski definition) is 2. The highest BCUT2D eigenvalue weighted by molar-refractivity contribution is 5.84. The molecule has 0 aliphatic rings. The second-order valence-corrected chi connectivity index (χ2v) is 4.78. The van der Waals surface area contributed by atoms with Gasteiger partial charge < -0.3 is 10.1 Å². The van der Waals surface area contributed by atoms with Gasteiger partial charge in [-0.25, -0.2) is 0 Å². The highest BCUT2D eigenvalue weighted by Gasteiger charge is 2.02. The van der Waals surface area contributed by atoms with Gasteiger partial charge in [-0.15, -0.1) is 0 Å². The van der Waals surface area contributed by atoms with E-state index in [9.17, 15) is 0 Å². The maximum atomic E-state index is 5.24. The van der Waals surface area contributed by atoms with Gasteiger partial charge in [0.2, 0.25) is 0 Å². The first kappa shape index (κ1) is 12.9. The molecule has 2 rings (SSSR count). The fourth-order valence-corrected chi connectivity index (χ4v) is 2.08. The summed E-state index contributed by atoms with van der Waals surface area (Å²) in [4.78, 5) is 0. The summed E-state index contributed by atoms with van der Waals surface area (Å²) >= 11 is 0. The van der Waals surface area contributed by atoms with Crippen LogP contribution in [0.4, 0.5) is 0 Å². The van der Waals surface area contributed by atoms with E-state index in [0.717, 1.165) is 18.6 Å². The molecule has 2 aromatic carbocycles. The number of ether oxygens (including phenoxy) is 1. The average Bonchev–Trinajstić information content (AvgIpc) is 2.43. The van der Waals surface area contributed by atoms with Crippen LogP contribution in [-0.4, -0.2) is 20.2 Å². The molecule has 0 heterocycles. The van der Waals surface area contributed by atoms with Gasteiger partial charge in [-0.2, -0.15) is 0 Å². The lowest BCUT2D eigenvalue weighted by Crippen LogP contribution is -2.21. The van der Waals surface area contributed by atoms with E-state index in [2.05, 4.69) is 42.6 Å². The van der Waals surface area contributed by atoms with E-state index < -0.39 is 0 Å². The predicted molar refractivity (Wildman–Crippen MR) is 77.3 cm³/mol. The predicted octanol–water partition coefficient (Wildman–Crippen LogP) is 3.39. The van der Waals surface area contributed by atoms with E-state index in [-0.39, 0.29) is 0 Å². The molecule has 1 unspecified atom stereocenters. The van der Waals surface area contributed by atoms with Crippen molar-refractivity contribution in [2.75, 3.05) is 14.2 Å². The number of fused-ring (bicyclic) bond motifs is 1. The van der Waals surface area contributed by atoms with Crippen molar-refractivity contribution in [3.05, 3.63) is 42.0 Å². The Morgan fingerprint density at radius 2 is 1.83 bits per heavy atom. The van der Waals surface area contributed by atoms with Gasteiger partial charge in [0.25, 0.3) is 0 Å². The number of methoxy groups -OCH3 is 1. The first-order valence-electron chi connectivity index (χ1n) is 6.47. The van der Waals surface area contributed by atoms with Crippen molar-refractivity contribution in [1.82, 2.24) is 5.32 Å². The van der Waals surface area contributed by atoms with Crippen molar-refractivity contribution in [2.45, 2.75) is 25.8 Å². The van der Waals surface area contributed by atoms with Crippen molar-refractivity contribution in [3.8, 4) is 5.75 Å². The van der Waals surface area contributed by atoms with Crippen molar-refractivity contribution >= 4 is 10.8 Å². The van der Waals surface area contributed by atoms with Crippen LogP contribution >= 0.6 is 0 Å². The van der Waals surface area contributed by atoms with E-state index >= 15 is 0 Å². The molecule has 0 saturated heterocycles. The van der Waals surface area contributed by atoms with Crippen LogP contribution in [0.5, 0.6) is 5.75 Å². The molecule has 1 N–H and O–H groups in total. The molecule has 0 amide bonds. The van der Waals surface area contributed by atoms with Gasteiger partial charge in [0, 0.05) is 6.04 Å². The summed E-state index contributed by atoms with van der Waals surface area (Å²) in [6.45, 7) is 2.21. The number of benzene rings is 2. The van der Waals surface area contributed by atoms with Crippen molar-refractivity contribution in [2.24, 2.45) is 0 Å². The zero-order chi connectivity index (χ0) is 13.0. The summed E-state index contributed by atoms with van der Waals surface area (Å²) < 4.78 is 5.24. The fraction of sp³-hybridized carbons (Fsp3) is 0.375. The molecule has 2 aromatic rings. The Morgan fingerprint density at radius 1 is 1.11 bits per heavy atom. The summed E-state index contributed by atoms with van der Waals surface area (Å²) in [6, 6.07) is 13.5. The molecular weight excluding hydrogens is 222 g/mol. The summed E-state index contributed by atoms with van der Waals surface area (Å²) in [6.07, 6.45) is 2.28. The van der Waals surface area contributed by atoms with E-state index in [4.69, 9.17) is 4.74 Å². The molecule has 0 radical (unpaired) electrons. The highest BCUT2D eigenvalue weighted by Crippen LogP contribution is 2.22. The Balaban J connectivity index is 2.17. The summed E-state index contributed by atoms with van der Waals surface area (Å²) in [5.74, 6) is 0.916. The summed E-state index contributed by atoms with van der Waals surface area (Å²) in [7, 11) is 3.71. The molecule has 2 nitrogen and oxygen atoms in total. The molecule has 0 aromatic heterocycles. The maximum Gasteiger partial charge on any atom is 0.119 e. The Kier molecular flexibility index (Phi) is 4.21. The van der Waals surface area contributed by atoms with Crippen LogP contribution in [0.3, 0.4) is 0 Å². The smallest absolute Gasteiger partial charge is 0.119 e. The third-order valence-electron chi connectivity index (χ3n) is 3.47. The molecule has 96 valence electrons. The Morgan fingerprint density at radius 3 is 2.56 bits per heavy atom. The topological polar surface area (TPSA) is 21.3 Å². The third-order valence-corrected chi connectivity index (χ3v) is 3.47. The minimum Gasteiger partial charge on any atom is -0.497 e. The van der Waals surface area contributed by atoms with Crippen molar-refractivity contribution in [3.63, 3.8) is 0 Å². The quantitative estimate of drug-likeness (QED) is 0.869. The van der Waals surface area contributed by atoms with Crippen LogP contribution in [0.25, 0.3) is 10.8 Å². The molecule has 0 spiro atoms. The third kappa shape index (κ3) is 3.02. The second-order valence-electron chi connectivity index (χ2n) is 4.78. The number of aryl methyl sites for hydroxylation is 1. The molecule has 0 aliphatic heterocycles. The minimum atomic E-state index is 0.566. The number of hydrogen-bond donors (Lipinski definition) is 1. The fourth-order valence-electron chi connectivity index (χ4n) is 2.08. The Hall–Kier alpha value is -1.54. The average molecular weight is 243 g/mol. The van der Waals surface area contributed by atoms with Gasteiger partial charge in [-0.3, -0.25) is 0 Å². The van der Waals surface area contributed by atoms with Crippen molar-refractivity contribution in [1.29, 1.82) is 0 Å². The summed E-state index contributed by atoms with van der Waals surface area (Å²) in [5, 5.41) is 5.79. The van der Waals surface area contributed by atoms with Gasteiger partial charge in [-0.05, 0) is 55.3 Å². The molecule has 0 bridgehead atoms. The standard InChI is InChI=1S/C16H21NO/c1-12(17-2)4-5-13-6-7-15-11-16(18-3)9-8-14(15)10-13/h6-12,17H,4-5H2,1-3H3. The van der Waals surface area contributed by atoms with Crippen LogP contribution < -0.4 is 10.1 Å². The van der Waals surface area contributed by atoms with Gasteiger partial charge in [0.1, 0.15) is 5.75 Å². The number of rotatable bonds is 5. The molecule has 18 heavy (non-hydrogen) atoms. The molecule has 2 heteroatoms. The van der Waals surface area contributed by atoms with Gasteiger partial charge in [0.15, 0.2) is 0 Å². The zero-order valence-electron chi connectivity index (χ0n) is 11.4. The molecular formula is C16H21NO. The van der Waals surface area contributed by atoms with E-state index in [1.165, 1.54) is 16.3 Å². The monoisotopic (exact) mass is 243 g/mol. The first-order valence-corrected chi connectivity index (χ1v) is 6.47. The SMILES string of the molecule is CNC(C)CCc1ccc2cc(OC)ccc2c1. The van der Waals surface area contributed by atoms with E-state index in [0.29, 0.717) is 6.04 Å². The van der Waals surface area contributed by atoms with Gasteiger partial charge in [0.05, 0.1) is 7.11 Å². The van der Waals surface area contributed by atoms with Gasteiger partial charge >= 0.3 is 0 Å². The van der Waals surface area contributed by atoms with Crippen LogP contribution in [0.15, 0.2) is 36.4 Å². The zero-order valence-corrected chi connectivity index (χ0v) is 11.4. The largest absolute Gasteiger partial charge is 0.497 e. The normalized spacial score (nSPS) is 12.6. The van der Waals surface area contributed by atoms with Crippen LogP contribution in [-0.2, 0) is 6.42 Å². The first-order chi connectivity index (χ1) is 8.72. The Bertz CT molecular complexity index is 521. The molecule has 1 atom stereocenters. The molecule has 0 saturated carbocycles. The lowest BCUT2D eigenvalue weighted by Gasteiger charge is -2.10. The lowest BCUT2D eigenvalue weighted by molar-refractivity contribution is 0.415. The maximum absolute atomic E-state index is 5.24. The van der Waals surface area contributed by atoms with E-state index in [1.807, 2.05) is 13.1 Å². The van der Waals surface area contributed by atoms with Crippen molar-refractivity contribution < 1.29 is 4.74 Å². The molecule has 0 aliphatic carbocycles. The van der Waals surface area contributed by atoms with Crippen LogP contribution in [0.1, 0.15) is 18.9 Å². The second kappa shape index (κ2) is 5.87. The summed E-state index contributed by atoms with van der Waals surface area (Å²) in [5.41, 5.74) is 1.40. The lowest BCUT2D eigenvalue weighted by atomic mass is 10.0. The Labute approximate surface area is 109 Å². The van der Waals surface area contributed by atoms with Crippen LogP contribution in [0, 0.1) is 0 Å². The highest BCUT2D eigenvalue weighted by atomic mass is 16.5. The minimum absolute atomic E-state index is 0.566. The van der Waals surface area contributed by atoms with Gasteiger partial charge in [-0.1, -0.05) is 24.3 Å². The molecule has 0 fully saturated rings. The van der Waals surface area contributed by atoms with E-state index in [1.54, 1.807) is 7.11 Å². The van der Waals surface area contributed by atoms with Crippen LogP contribution in [0.2, 0.25) is 0 Å².